The molecule has 0 spiro atoms. The molecule has 2 heteroatoms. The largest absolute Gasteiger partial charge is 0.232 e. The third-order valence-corrected chi connectivity index (χ3v) is 7.02. The van der Waals surface area contributed by atoms with Crippen LogP contribution >= 0.6 is 11.8 Å². The minimum absolute atomic E-state index is 0.351. The molecule has 0 aromatic heterocycles. The quantitative estimate of drug-likeness (QED) is 0.180. The first-order chi connectivity index (χ1) is 12.7. The summed E-state index contributed by atoms with van der Waals surface area (Å²) in [5.74, 6) is 1.20. The van der Waals surface area contributed by atoms with Gasteiger partial charge in [-0.05, 0) is 25.5 Å². The summed E-state index contributed by atoms with van der Waals surface area (Å²) in [6.07, 6.45) is 24.1. The van der Waals surface area contributed by atoms with Crippen LogP contribution in [0.15, 0.2) is 0 Å². The van der Waals surface area contributed by atoms with Gasteiger partial charge in [0.1, 0.15) is 6.10 Å². The molecule has 26 heavy (non-hydrogen) atoms. The number of rotatable bonds is 21. The third-order valence-electron chi connectivity index (χ3n) is 5.45. The molecule has 0 saturated carbocycles. The average molecular weight is 386 g/mol. The Labute approximate surface area is 170 Å². The average Bonchev–Trinajstić information content (AvgIpc) is 2.63. The second-order valence-corrected chi connectivity index (χ2v) is 9.55. The van der Waals surface area contributed by atoms with E-state index in [-0.39, 0.29) is 0 Å². The summed E-state index contributed by atoms with van der Waals surface area (Å²) in [6, 6.07) is 0. The maximum Gasteiger partial charge on any atom is 0.102 e. The highest BCUT2D eigenvalue weighted by molar-refractivity contribution is 7.99. The third kappa shape index (κ3) is 19.1. The second kappa shape index (κ2) is 21.6. The lowest BCUT2D eigenvalue weighted by Crippen LogP contribution is -2.18. The summed E-state index contributed by atoms with van der Waals surface area (Å²) in [4.78, 5) is 0. The molecular weight excluding hydrogens is 336 g/mol. The molecule has 0 heterocycles. The van der Waals surface area contributed by atoms with Crippen molar-refractivity contribution in [3.8, 4) is 0 Å². The number of unbranched alkanes of at least 4 members (excludes halogenated alkanes) is 15. The van der Waals surface area contributed by atoms with E-state index in [9.17, 15) is 5.11 Å². The Morgan fingerprint density at radius 3 is 1.38 bits per heavy atom. The molecule has 2 unspecified atom stereocenters. The molecule has 0 aliphatic carbocycles. The predicted molar refractivity (Wildman–Crippen MR) is 121 cm³/mol. The van der Waals surface area contributed by atoms with Crippen LogP contribution < -0.4 is 0 Å². The number of hydrogen-bond donors (Lipinski definition) is 0. The Kier molecular flexibility index (Phi) is 21.9. The Balaban J connectivity index is 3.43. The van der Waals surface area contributed by atoms with Gasteiger partial charge in [-0.1, -0.05) is 117 Å². The Bertz CT molecular complexity index is 255. The molecule has 0 N–H and O–H groups in total. The van der Waals surface area contributed by atoms with Gasteiger partial charge >= 0.3 is 0 Å². The lowest BCUT2D eigenvalue weighted by atomic mass is 10.1. The van der Waals surface area contributed by atoms with Crippen LogP contribution in [0.2, 0.25) is 0 Å². The van der Waals surface area contributed by atoms with E-state index >= 15 is 0 Å². The van der Waals surface area contributed by atoms with Gasteiger partial charge in [0.15, 0.2) is 0 Å². The molecular formula is C24H49OS. The number of hydrogen-bond acceptors (Lipinski definition) is 1. The van der Waals surface area contributed by atoms with Gasteiger partial charge in [-0.25, -0.2) is 5.11 Å². The zero-order valence-corrected chi connectivity index (χ0v) is 19.2. The number of thioether (sulfide) groups is 1. The summed E-state index contributed by atoms with van der Waals surface area (Å²) in [6.45, 7) is 6.42. The van der Waals surface area contributed by atoms with E-state index in [1.165, 1.54) is 115 Å². The molecule has 2 atom stereocenters. The van der Waals surface area contributed by atoms with Crippen molar-refractivity contribution >= 4 is 11.8 Å². The monoisotopic (exact) mass is 385 g/mol. The first-order valence-electron chi connectivity index (χ1n) is 12.0. The minimum Gasteiger partial charge on any atom is -0.232 e. The van der Waals surface area contributed by atoms with Crippen molar-refractivity contribution < 1.29 is 5.11 Å². The molecule has 0 saturated heterocycles. The highest BCUT2D eigenvalue weighted by Gasteiger charge is 2.16. The first-order valence-corrected chi connectivity index (χ1v) is 13.0. The van der Waals surface area contributed by atoms with Crippen molar-refractivity contribution in [3.05, 3.63) is 0 Å². The first kappa shape index (κ1) is 26.3. The van der Waals surface area contributed by atoms with Crippen molar-refractivity contribution in [3.63, 3.8) is 0 Å². The van der Waals surface area contributed by atoms with Crippen LogP contribution in [0.25, 0.3) is 0 Å². The van der Waals surface area contributed by atoms with Crippen LogP contribution in [-0.4, -0.2) is 17.1 Å². The molecule has 0 aromatic rings. The Morgan fingerprint density at radius 2 is 0.962 bits per heavy atom. The smallest absolute Gasteiger partial charge is 0.102 e. The molecule has 0 rings (SSSR count). The van der Waals surface area contributed by atoms with Crippen molar-refractivity contribution in [2.75, 3.05) is 5.75 Å². The Morgan fingerprint density at radius 1 is 0.577 bits per heavy atom. The van der Waals surface area contributed by atoms with Crippen LogP contribution in [0.3, 0.4) is 0 Å². The summed E-state index contributed by atoms with van der Waals surface area (Å²) in [5.41, 5.74) is 0. The molecule has 0 aromatic carbocycles. The lowest BCUT2D eigenvalue weighted by molar-refractivity contribution is 0.100. The Hall–Kier alpha value is 0.310. The van der Waals surface area contributed by atoms with Crippen LogP contribution in [-0.2, 0) is 5.11 Å². The SMILES string of the molecule is CCCCCCCCCCCCSC(CCCCCCCCC)C(C)[O]. The maximum atomic E-state index is 11.9. The summed E-state index contributed by atoms with van der Waals surface area (Å²) in [5, 5.41) is 12.3. The molecule has 0 aliphatic rings. The zero-order valence-electron chi connectivity index (χ0n) is 18.4. The highest BCUT2D eigenvalue weighted by atomic mass is 32.2. The summed E-state index contributed by atoms with van der Waals surface area (Å²) < 4.78 is 0. The fourth-order valence-corrected chi connectivity index (χ4v) is 4.86. The van der Waals surface area contributed by atoms with E-state index < -0.39 is 6.10 Å². The van der Waals surface area contributed by atoms with Gasteiger partial charge in [-0.2, -0.15) is 11.8 Å². The van der Waals surface area contributed by atoms with Crippen molar-refractivity contribution in [2.24, 2.45) is 0 Å². The molecule has 0 aliphatic heterocycles. The fourth-order valence-electron chi connectivity index (χ4n) is 3.58. The fraction of sp³-hybridized carbons (Fsp3) is 1.00. The normalized spacial score (nSPS) is 13.8. The topological polar surface area (TPSA) is 19.9 Å². The molecule has 0 amide bonds. The van der Waals surface area contributed by atoms with E-state index in [1.807, 2.05) is 18.7 Å². The van der Waals surface area contributed by atoms with Crippen LogP contribution in [0, 0.1) is 0 Å². The maximum absolute atomic E-state index is 11.9. The van der Waals surface area contributed by atoms with E-state index in [0.717, 1.165) is 6.42 Å². The molecule has 157 valence electrons. The van der Waals surface area contributed by atoms with Crippen LogP contribution in [0.5, 0.6) is 0 Å². The molecule has 0 bridgehead atoms. The van der Waals surface area contributed by atoms with Crippen molar-refractivity contribution in [2.45, 2.75) is 148 Å². The van der Waals surface area contributed by atoms with Gasteiger partial charge in [0.05, 0.1) is 0 Å². The van der Waals surface area contributed by atoms with Gasteiger partial charge < -0.3 is 0 Å². The van der Waals surface area contributed by atoms with E-state index in [2.05, 4.69) is 13.8 Å². The van der Waals surface area contributed by atoms with Crippen molar-refractivity contribution in [1.82, 2.24) is 0 Å². The van der Waals surface area contributed by atoms with E-state index in [1.54, 1.807) is 0 Å². The predicted octanol–water partition coefficient (Wildman–Crippen LogP) is 8.97. The minimum atomic E-state index is -0.400. The van der Waals surface area contributed by atoms with Gasteiger partial charge in [0, 0.05) is 5.25 Å². The van der Waals surface area contributed by atoms with E-state index in [4.69, 9.17) is 0 Å². The zero-order chi connectivity index (χ0) is 19.3. The lowest BCUT2D eigenvalue weighted by Gasteiger charge is -2.18. The van der Waals surface area contributed by atoms with Gasteiger partial charge in [0.2, 0.25) is 0 Å². The summed E-state index contributed by atoms with van der Waals surface area (Å²) >= 11 is 1.97. The van der Waals surface area contributed by atoms with Gasteiger partial charge in [-0.15, -0.1) is 0 Å². The molecule has 1 nitrogen and oxygen atoms in total. The molecule has 0 fully saturated rings. The second-order valence-electron chi connectivity index (χ2n) is 8.21. The molecule has 1 radical (unpaired) electrons. The highest BCUT2D eigenvalue weighted by Crippen LogP contribution is 2.24. The van der Waals surface area contributed by atoms with Crippen molar-refractivity contribution in [1.29, 1.82) is 0 Å². The van der Waals surface area contributed by atoms with Gasteiger partial charge in [0.25, 0.3) is 0 Å². The van der Waals surface area contributed by atoms with Crippen LogP contribution in [0.4, 0.5) is 0 Å². The van der Waals surface area contributed by atoms with Gasteiger partial charge in [-0.3, -0.25) is 0 Å². The standard InChI is InChI=1S/C24H49OS/c1-4-6-8-10-12-13-14-16-18-20-22-26-24(23(3)25)21-19-17-15-11-9-7-5-2/h23-24H,4-22H2,1-3H3. The summed E-state index contributed by atoms with van der Waals surface area (Å²) in [7, 11) is 0. The van der Waals surface area contributed by atoms with E-state index in [0.29, 0.717) is 5.25 Å². The van der Waals surface area contributed by atoms with Crippen LogP contribution in [0.1, 0.15) is 136 Å².